The van der Waals surface area contributed by atoms with Crippen LogP contribution in [0.4, 0.5) is 0 Å². The molecule has 0 radical (unpaired) electrons. The van der Waals surface area contributed by atoms with Crippen LogP contribution in [0.25, 0.3) is 0 Å². The fourth-order valence-corrected chi connectivity index (χ4v) is 0.671. The van der Waals surface area contributed by atoms with Crippen molar-refractivity contribution < 1.29 is 9.11 Å². The van der Waals surface area contributed by atoms with E-state index in [0.29, 0.717) is 0 Å². The average Bonchev–Trinajstić information content (AvgIpc) is 2.05. The van der Waals surface area contributed by atoms with E-state index in [0.717, 1.165) is 0 Å². The summed E-state index contributed by atoms with van der Waals surface area (Å²) in [6.07, 6.45) is 6.56. The molecule has 0 amide bonds. The summed E-state index contributed by atoms with van der Waals surface area (Å²) >= 11 is -1.22. The van der Waals surface area contributed by atoms with Gasteiger partial charge in [-0.05, 0) is 19.6 Å². The second-order valence-corrected chi connectivity index (χ2v) is 6.07. The van der Waals surface area contributed by atoms with Crippen molar-refractivity contribution in [3.05, 3.63) is 0 Å². The van der Waals surface area contributed by atoms with Crippen LogP contribution in [0.5, 0.6) is 0 Å². The largest absolute Gasteiger partial charge is 0.617 e. The van der Waals surface area contributed by atoms with Crippen LogP contribution < -0.4 is 0 Å². The van der Waals surface area contributed by atoms with Crippen molar-refractivity contribution in [2.45, 2.75) is 20.8 Å². The zero-order valence-corrected chi connectivity index (χ0v) is 12.8. The molecule has 0 spiro atoms. The molecule has 5 heteroatoms. The van der Waals surface area contributed by atoms with E-state index in [4.69, 9.17) is 0 Å². The monoisotopic (exact) mass is 257 g/mol. The van der Waals surface area contributed by atoms with Crippen LogP contribution in [0, 0.1) is 0 Å². The van der Waals surface area contributed by atoms with Crippen molar-refractivity contribution in [3.8, 4) is 0 Å². The van der Waals surface area contributed by atoms with Crippen LogP contribution >= 0.6 is 0 Å². The quantitative estimate of drug-likeness (QED) is 0.717. The maximum Gasteiger partial charge on any atom is 0.0946 e. The molecule has 15 heavy (non-hydrogen) atoms. The highest BCUT2D eigenvalue weighted by atomic mass is 32.2. The molecule has 0 bridgehead atoms. The molecular formula is C10H27NO2S2. The first-order chi connectivity index (χ1) is 6.81. The lowest BCUT2D eigenvalue weighted by atomic mass is 10.5. The number of hydrogen-bond acceptors (Lipinski definition) is 3. The van der Waals surface area contributed by atoms with Gasteiger partial charge in [0, 0.05) is 0 Å². The van der Waals surface area contributed by atoms with Gasteiger partial charge in [0.05, 0.1) is 25.0 Å². The van der Waals surface area contributed by atoms with Crippen LogP contribution in [0.2, 0.25) is 0 Å². The predicted octanol–water partition coefficient (Wildman–Crippen LogP) is 1.34. The zero-order valence-electron chi connectivity index (χ0n) is 11.2. The Hall–Kier alpha value is 0.580. The van der Waals surface area contributed by atoms with Gasteiger partial charge in [-0.25, -0.2) is 0 Å². The molecule has 0 aromatic heterocycles. The SMILES string of the molecule is CCN(CC)CC.C[S+](C)[O-].C[S+](C)[O-]. The highest BCUT2D eigenvalue weighted by molar-refractivity contribution is 7.90. The topological polar surface area (TPSA) is 49.4 Å². The fourth-order valence-electron chi connectivity index (χ4n) is 0.671. The lowest BCUT2D eigenvalue weighted by Crippen LogP contribution is -2.21. The second-order valence-electron chi connectivity index (χ2n) is 3.10. The Labute approximate surface area is 102 Å². The van der Waals surface area contributed by atoms with Crippen molar-refractivity contribution in [2.24, 2.45) is 0 Å². The van der Waals surface area contributed by atoms with Crippen LogP contribution in [0.15, 0.2) is 0 Å². The van der Waals surface area contributed by atoms with E-state index >= 15 is 0 Å². The molecule has 0 aliphatic rings. The van der Waals surface area contributed by atoms with E-state index in [1.165, 1.54) is 19.6 Å². The predicted molar refractivity (Wildman–Crippen MR) is 73.4 cm³/mol. The lowest BCUT2D eigenvalue weighted by Gasteiger charge is -2.13. The molecular weight excluding hydrogens is 230 g/mol. The zero-order chi connectivity index (χ0) is 12.9. The highest BCUT2D eigenvalue weighted by Gasteiger charge is 1.89. The summed E-state index contributed by atoms with van der Waals surface area (Å²) in [7, 11) is 0. The summed E-state index contributed by atoms with van der Waals surface area (Å²) in [5.41, 5.74) is 0. The van der Waals surface area contributed by atoms with Crippen molar-refractivity contribution in [3.63, 3.8) is 0 Å². The van der Waals surface area contributed by atoms with Gasteiger partial charge in [-0.3, -0.25) is 0 Å². The van der Waals surface area contributed by atoms with E-state index in [1.54, 1.807) is 25.0 Å². The van der Waals surface area contributed by atoms with Gasteiger partial charge in [-0.1, -0.05) is 43.1 Å². The summed E-state index contributed by atoms with van der Waals surface area (Å²) in [5, 5.41) is 0. The third-order valence-electron chi connectivity index (χ3n) is 1.34. The fraction of sp³-hybridized carbons (Fsp3) is 1.00. The van der Waals surface area contributed by atoms with Crippen LogP contribution in [-0.4, -0.2) is 58.7 Å². The summed E-state index contributed by atoms with van der Waals surface area (Å²) in [6, 6.07) is 0. The minimum absolute atomic E-state index is 0.611. The minimum atomic E-state index is -0.611. The lowest BCUT2D eigenvalue weighted by molar-refractivity contribution is 0.321. The standard InChI is InChI=1S/C6H15N.2C2H6OS/c1-4-7(5-2)6-3;2*1-4(2)3/h4-6H2,1-3H3;2*1-2H3. The molecule has 0 aromatic rings. The first-order valence-electron chi connectivity index (χ1n) is 5.04. The first kappa shape index (κ1) is 20.9. The van der Waals surface area contributed by atoms with Gasteiger partial charge in [-0.15, -0.1) is 0 Å². The molecule has 0 unspecified atom stereocenters. The molecule has 0 atom stereocenters. The molecule has 96 valence electrons. The molecule has 0 aliphatic heterocycles. The maximum atomic E-state index is 9.56. The van der Waals surface area contributed by atoms with E-state index in [-0.39, 0.29) is 0 Å². The molecule has 0 aliphatic carbocycles. The first-order valence-corrected chi connectivity index (χ1v) is 8.97. The van der Waals surface area contributed by atoms with Crippen molar-refractivity contribution in [1.29, 1.82) is 0 Å². The number of nitrogens with zero attached hydrogens (tertiary/aromatic N) is 1. The smallest absolute Gasteiger partial charge is 0.0946 e. The van der Waals surface area contributed by atoms with Crippen LogP contribution in [0.1, 0.15) is 20.8 Å². The molecule has 0 heterocycles. The van der Waals surface area contributed by atoms with Gasteiger partial charge in [0.15, 0.2) is 0 Å². The summed E-state index contributed by atoms with van der Waals surface area (Å²) in [4.78, 5) is 2.38. The van der Waals surface area contributed by atoms with Crippen molar-refractivity contribution >= 4 is 22.4 Å². The number of rotatable bonds is 3. The summed E-state index contributed by atoms with van der Waals surface area (Å²) in [6.45, 7) is 10.1. The molecule has 0 N–H and O–H groups in total. The second kappa shape index (κ2) is 17.0. The maximum absolute atomic E-state index is 9.56. The Kier molecular flexibility index (Phi) is 23.7. The highest BCUT2D eigenvalue weighted by Crippen LogP contribution is 1.81. The van der Waals surface area contributed by atoms with Crippen LogP contribution in [0.3, 0.4) is 0 Å². The van der Waals surface area contributed by atoms with E-state index in [1.807, 2.05) is 0 Å². The van der Waals surface area contributed by atoms with Crippen molar-refractivity contribution in [2.75, 3.05) is 44.7 Å². The average molecular weight is 257 g/mol. The third kappa shape index (κ3) is 53.3. The summed E-state index contributed by atoms with van der Waals surface area (Å²) in [5.74, 6) is 0. The summed E-state index contributed by atoms with van der Waals surface area (Å²) < 4.78 is 19.1. The van der Waals surface area contributed by atoms with Crippen molar-refractivity contribution in [1.82, 2.24) is 4.90 Å². The van der Waals surface area contributed by atoms with E-state index in [2.05, 4.69) is 25.7 Å². The Morgan fingerprint density at radius 3 is 0.867 bits per heavy atom. The van der Waals surface area contributed by atoms with E-state index in [9.17, 15) is 9.11 Å². The van der Waals surface area contributed by atoms with E-state index < -0.39 is 22.4 Å². The normalized spacial score (nSPS) is 9.60. The number of hydrogen-bond donors (Lipinski definition) is 0. The molecule has 0 saturated carbocycles. The minimum Gasteiger partial charge on any atom is -0.617 e. The Bertz CT molecular complexity index is 82.4. The van der Waals surface area contributed by atoms with Gasteiger partial charge in [0.1, 0.15) is 0 Å². The van der Waals surface area contributed by atoms with Gasteiger partial charge >= 0.3 is 0 Å². The Balaban J connectivity index is -0.000000155. The Morgan fingerprint density at radius 2 is 0.867 bits per heavy atom. The van der Waals surface area contributed by atoms with Gasteiger partial charge < -0.3 is 14.0 Å². The molecule has 0 saturated heterocycles. The third-order valence-corrected chi connectivity index (χ3v) is 1.34. The van der Waals surface area contributed by atoms with Gasteiger partial charge in [-0.2, -0.15) is 0 Å². The molecule has 0 rings (SSSR count). The Morgan fingerprint density at radius 1 is 0.733 bits per heavy atom. The van der Waals surface area contributed by atoms with Crippen LogP contribution in [-0.2, 0) is 22.4 Å². The molecule has 3 nitrogen and oxygen atoms in total. The molecule has 0 aromatic carbocycles. The molecule has 0 fully saturated rings. The van der Waals surface area contributed by atoms with Gasteiger partial charge in [0.2, 0.25) is 0 Å². The van der Waals surface area contributed by atoms with Gasteiger partial charge in [0.25, 0.3) is 0 Å².